The van der Waals surface area contributed by atoms with E-state index in [1.165, 1.54) is 4.90 Å². The minimum atomic E-state index is -0.597. The monoisotopic (exact) mass is 375 g/mol. The Morgan fingerprint density at radius 3 is 2.11 bits per heavy atom. The number of rotatable bonds is 4. The number of para-hydroxylation sites is 1. The predicted molar refractivity (Wildman–Crippen MR) is 106 cm³/mol. The van der Waals surface area contributed by atoms with E-state index >= 15 is 0 Å². The molecule has 1 aromatic rings. The van der Waals surface area contributed by atoms with Gasteiger partial charge in [-0.05, 0) is 56.6 Å². The molecule has 1 aromatic carbocycles. The van der Waals surface area contributed by atoms with Gasteiger partial charge in [-0.25, -0.2) is 9.59 Å². The van der Waals surface area contributed by atoms with Crippen molar-refractivity contribution in [3.63, 3.8) is 0 Å². The maximum absolute atomic E-state index is 13.0. The van der Waals surface area contributed by atoms with Crippen molar-refractivity contribution in [2.45, 2.75) is 84.8 Å². The molecule has 27 heavy (non-hydrogen) atoms. The zero-order valence-corrected chi connectivity index (χ0v) is 17.7. The second-order valence-corrected chi connectivity index (χ2v) is 8.83. The average Bonchev–Trinajstić information content (AvgIpc) is 3.02. The van der Waals surface area contributed by atoms with E-state index in [1.54, 1.807) is 0 Å². The van der Waals surface area contributed by atoms with Gasteiger partial charge in [0.2, 0.25) is 0 Å². The number of nitrogens with zero attached hydrogens (tertiary/aromatic N) is 1. The van der Waals surface area contributed by atoms with Gasteiger partial charge in [0.15, 0.2) is 0 Å². The van der Waals surface area contributed by atoms with Gasteiger partial charge in [-0.3, -0.25) is 4.90 Å². The molecule has 1 amide bonds. The number of carbonyl (C=O) groups is 2. The van der Waals surface area contributed by atoms with Crippen molar-refractivity contribution in [1.82, 2.24) is 4.90 Å². The molecule has 2 rings (SSSR count). The second-order valence-electron chi connectivity index (χ2n) is 8.83. The molecule has 0 radical (unpaired) electrons. The number of hydrogen-bond acceptors (Lipinski definition) is 4. The summed E-state index contributed by atoms with van der Waals surface area (Å²) in [5.41, 5.74) is 1.43. The van der Waals surface area contributed by atoms with Gasteiger partial charge < -0.3 is 9.47 Å². The van der Waals surface area contributed by atoms with E-state index in [0.29, 0.717) is 18.7 Å². The van der Waals surface area contributed by atoms with Crippen molar-refractivity contribution in [3.8, 4) is 5.75 Å². The summed E-state index contributed by atoms with van der Waals surface area (Å²) in [6, 6.07) is 5.41. The maximum Gasteiger partial charge on any atom is 0.411 e. The van der Waals surface area contributed by atoms with Crippen LogP contribution >= 0.6 is 0 Å². The van der Waals surface area contributed by atoms with Gasteiger partial charge in [-0.15, -0.1) is 0 Å². The summed E-state index contributed by atoms with van der Waals surface area (Å²) >= 11 is 0. The lowest BCUT2D eigenvalue weighted by atomic mass is 9.94. The summed E-state index contributed by atoms with van der Waals surface area (Å²) < 4.78 is 11.4. The third-order valence-corrected chi connectivity index (χ3v) is 4.68. The van der Waals surface area contributed by atoms with Crippen molar-refractivity contribution in [2.75, 3.05) is 6.54 Å². The largest absolute Gasteiger partial charge is 0.444 e. The van der Waals surface area contributed by atoms with Gasteiger partial charge in [0.05, 0.1) is 0 Å². The number of hydrogen-bond donors (Lipinski definition) is 0. The minimum absolute atomic E-state index is 0.233. The van der Waals surface area contributed by atoms with E-state index in [1.807, 2.05) is 39.0 Å². The van der Waals surface area contributed by atoms with Crippen LogP contribution in [0.4, 0.5) is 4.79 Å². The highest BCUT2D eigenvalue weighted by Crippen LogP contribution is 2.35. The highest BCUT2D eigenvalue weighted by molar-refractivity contribution is 5.84. The number of ether oxygens (including phenoxy) is 2. The smallest absolute Gasteiger partial charge is 0.411 e. The van der Waals surface area contributed by atoms with Gasteiger partial charge in [0.1, 0.15) is 17.4 Å². The molecule has 1 aliphatic rings. The molecule has 0 bridgehead atoms. The van der Waals surface area contributed by atoms with E-state index in [9.17, 15) is 9.59 Å². The summed E-state index contributed by atoms with van der Waals surface area (Å²) in [6.45, 7) is 14.3. The first-order chi connectivity index (χ1) is 12.5. The summed E-state index contributed by atoms with van der Waals surface area (Å²) in [4.78, 5) is 26.9. The zero-order chi connectivity index (χ0) is 20.4. The molecule has 1 atom stereocenters. The summed E-state index contributed by atoms with van der Waals surface area (Å²) in [5.74, 6) is 0.728. The summed E-state index contributed by atoms with van der Waals surface area (Å²) in [7, 11) is 0. The van der Waals surface area contributed by atoms with E-state index in [-0.39, 0.29) is 17.8 Å². The molecule has 0 N–H and O–H groups in total. The molecule has 0 aliphatic carbocycles. The molecule has 5 heteroatoms. The molecule has 1 saturated heterocycles. The molecular weight excluding hydrogens is 342 g/mol. The van der Waals surface area contributed by atoms with E-state index in [2.05, 4.69) is 27.7 Å². The predicted octanol–water partition coefficient (Wildman–Crippen LogP) is 5.24. The Balaban J connectivity index is 2.25. The molecule has 1 aliphatic heterocycles. The number of benzene rings is 1. The fourth-order valence-electron chi connectivity index (χ4n) is 3.32. The highest BCUT2D eigenvalue weighted by atomic mass is 16.6. The van der Waals surface area contributed by atoms with Crippen molar-refractivity contribution in [3.05, 3.63) is 29.3 Å². The molecule has 1 heterocycles. The molecule has 150 valence electrons. The molecule has 0 spiro atoms. The minimum Gasteiger partial charge on any atom is -0.444 e. The molecular formula is C22H33NO4. The second kappa shape index (κ2) is 8.32. The van der Waals surface area contributed by atoms with E-state index in [0.717, 1.165) is 17.5 Å². The van der Waals surface area contributed by atoms with Crippen LogP contribution in [-0.2, 0) is 9.53 Å². The summed E-state index contributed by atoms with van der Waals surface area (Å²) in [5, 5.41) is 0. The number of esters is 1. The van der Waals surface area contributed by atoms with Gasteiger partial charge in [0.25, 0.3) is 0 Å². The number of likely N-dealkylation sites (tertiary alicyclic amines) is 1. The third kappa shape index (κ3) is 5.24. The van der Waals surface area contributed by atoms with Crippen LogP contribution in [0.1, 0.15) is 84.3 Å². The molecule has 1 fully saturated rings. The van der Waals surface area contributed by atoms with E-state index in [4.69, 9.17) is 9.47 Å². The SMILES string of the molecule is CC(C)c1cccc(C(C)C)c1OC(=O)[C@H]1CCCN1C(=O)OC(C)(C)C. The molecule has 0 saturated carbocycles. The zero-order valence-electron chi connectivity index (χ0n) is 17.7. The fraction of sp³-hybridized carbons (Fsp3) is 0.636. The first kappa shape index (κ1) is 21.3. The van der Waals surface area contributed by atoms with E-state index < -0.39 is 17.7 Å². The van der Waals surface area contributed by atoms with Crippen LogP contribution in [0.3, 0.4) is 0 Å². The Hall–Kier alpha value is -2.04. The van der Waals surface area contributed by atoms with Gasteiger partial charge >= 0.3 is 12.1 Å². The highest BCUT2D eigenvalue weighted by Gasteiger charge is 2.38. The van der Waals surface area contributed by atoms with Crippen molar-refractivity contribution in [1.29, 1.82) is 0 Å². The van der Waals surface area contributed by atoms with Gasteiger partial charge in [-0.2, -0.15) is 0 Å². The molecule has 0 aromatic heterocycles. The van der Waals surface area contributed by atoms with Crippen molar-refractivity contribution >= 4 is 12.1 Å². The first-order valence-electron chi connectivity index (χ1n) is 9.85. The Morgan fingerprint density at radius 2 is 1.63 bits per heavy atom. The number of carbonyl (C=O) groups excluding carboxylic acids is 2. The van der Waals surface area contributed by atoms with Crippen LogP contribution in [0.15, 0.2) is 18.2 Å². The van der Waals surface area contributed by atoms with Crippen molar-refractivity contribution < 1.29 is 19.1 Å². The van der Waals surface area contributed by atoms with Crippen LogP contribution in [0.25, 0.3) is 0 Å². The molecule has 0 unspecified atom stereocenters. The third-order valence-electron chi connectivity index (χ3n) is 4.68. The van der Waals surface area contributed by atoms with Gasteiger partial charge in [-0.1, -0.05) is 45.9 Å². The van der Waals surface area contributed by atoms with Crippen LogP contribution in [0, 0.1) is 0 Å². The standard InChI is InChI=1S/C22H33NO4/c1-14(2)16-10-8-11-17(15(3)4)19(16)26-20(24)18-12-9-13-23(18)21(25)27-22(5,6)7/h8,10-11,14-15,18H,9,12-13H2,1-7H3/t18-/m1/s1. The van der Waals surface area contributed by atoms with Gasteiger partial charge in [0, 0.05) is 6.54 Å². The van der Waals surface area contributed by atoms with Crippen molar-refractivity contribution in [2.24, 2.45) is 0 Å². The Kier molecular flexibility index (Phi) is 6.55. The lowest BCUT2D eigenvalue weighted by Gasteiger charge is -2.28. The lowest BCUT2D eigenvalue weighted by molar-refractivity contribution is -0.139. The average molecular weight is 376 g/mol. The lowest BCUT2D eigenvalue weighted by Crippen LogP contribution is -2.45. The quantitative estimate of drug-likeness (QED) is 0.533. The maximum atomic E-state index is 13.0. The van der Waals surface area contributed by atoms with Crippen LogP contribution in [-0.4, -0.2) is 35.2 Å². The first-order valence-corrected chi connectivity index (χ1v) is 9.85. The Bertz CT molecular complexity index is 662. The van der Waals surface area contributed by atoms with Crippen LogP contribution in [0.2, 0.25) is 0 Å². The molecule has 5 nitrogen and oxygen atoms in total. The topological polar surface area (TPSA) is 55.8 Å². The summed E-state index contributed by atoms with van der Waals surface area (Å²) in [6.07, 6.45) is 0.907. The van der Waals surface area contributed by atoms with Crippen LogP contribution < -0.4 is 4.74 Å². The Labute approximate surface area is 163 Å². The normalized spacial score (nSPS) is 17.5. The Morgan fingerprint density at radius 1 is 1.07 bits per heavy atom. The van der Waals surface area contributed by atoms with Crippen LogP contribution in [0.5, 0.6) is 5.75 Å². The number of amides is 1. The fourth-order valence-corrected chi connectivity index (χ4v) is 3.32.